The average Bonchev–Trinajstić information content (AvgIpc) is 2.64. The summed E-state index contributed by atoms with van der Waals surface area (Å²) >= 11 is 0. The lowest BCUT2D eigenvalue weighted by molar-refractivity contribution is -0.219. The van der Waals surface area contributed by atoms with E-state index in [1.54, 1.807) is 27.7 Å². The maximum absolute atomic E-state index is 12.8. The van der Waals surface area contributed by atoms with Crippen LogP contribution in [0.15, 0.2) is 30.3 Å². The third-order valence-corrected chi connectivity index (χ3v) is 4.38. The van der Waals surface area contributed by atoms with Gasteiger partial charge in [0.15, 0.2) is 12.3 Å². The van der Waals surface area contributed by atoms with Gasteiger partial charge in [-0.25, -0.2) is 9.59 Å². The summed E-state index contributed by atoms with van der Waals surface area (Å²) in [4.78, 5) is 25.2. The van der Waals surface area contributed by atoms with Crippen LogP contribution in [0.2, 0.25) is 0 Å². The van der Waals surface area contributed by atoms with Crippen LogP contribution in [0.4, 0.5) is 4.79 Å². The summed E-state index contributed by atoms with van der Waals surface area (Å²) in [6, 6.07) is 8.20. The standard InChI is InChI=1S/C22H33NO6/c1-6-26-20(24)18(23-21(25)29-22(3,4)5)19(16-12-8-7-9-13-16)28-17-14-10-11-15(2)27-17/h7-9,12-13,15,17-19H,6,10-11,14H2,1-5H3,(H,23,25)/t15-,17+,18-,19+/m0/s1. The van der Waals surface area contributed by atoms with Gasteiger partial charge in [-0.3, -0.25) is 0 Å². The minimum absolute atomic E-state index is 0.0741. The van der Waals surface area contributed by atoms with E-state index in [1.807, 2.05) is 37.3 Å². The summed E-state index contributed by atoms with van der Waals surface area (Å²) in [6.07, 6.45) is 0.766. The zero-order chi connectivity index (χ0) is 21.4. The zero-order valence-corrected chi connectivity index (χ0v) is 18.0. The van der Waals surface area contributed by atoms with E-state index in [-0.39, 0.29) is 12.7 Å². The lowest BCUT2D eigenvalue weighted by Crippen LogP contribution is -2.49. The summed E-state index contributed by atoms with van der Waals surface area (Å²) in [6.45, 7) is 9.17. The molecule has 0 aliphatic carbocycles. The summed E-state index contributed by atoms with van der Waals surface area (Å²) in [7, 11) is 0. The fraction of sp³-hybridized carbons (Fsp3) is 0.636. The molecule has 1 heterocycles. The number of hydrogen-bond donors (Lipinski definition) is 1. The Kier molecular flexibility index (Phi) is 8.46. The number of ether oxygens (including phenoxy) is 4. The Labute approximate surface area is 173 Å². The van der Waals surface area contributed by atoms with E-state index >= 15 is 0 Å². The van der Waals surface area contributed by atoms with Crippen molar-refractivity contribution in [1.82, 2.24) is 5.32 Å². The average molecular weight is 408 g/mol. The van der Waals surface area contributed by atoms with Gasteiger partial charge in [-0.05, 0) is 59.4 Å². The number of carbonyl (C=O) groups is 2. The van der Waals surface area contributed by atoms with Crippen molar-refractivity contribution in [2.75, 3.05) is 6.61 Å². The van der Waals surface area contributed by atoms with E-state index in [0.717, 1.165) is 24.8 Å². The lowest BCUT2D eigenvalue weighted by atomic mass is 10.0. The third kappa shape index (κ3) is 7.66. The number of alkyl carbamates (subject to hydrolysis) is 1. The van der Waals surface area contributed by atoms with Crippen molar-refractivity contribution in [2.24, 2.45) is 0 Å². The van der Waals surface area contributed by atoms with Crippen molar-refractivity contribution >= 4 is 12.1 Å². The number of rotatable bonds is 7. The number of nitrogens with one attached hydrogen (secondary N) is 1. The first-order chi connectivity index (χ1) is 13.7. The molecule has 1 N–H and O–H groups in total. The number of hydrogen-bond acceptors (Lipinski definition) is 6. The molecule has 0 saturated carbocycles. The van der Waals surface area contributed by atoms with Gasteiger partial charge in [0.05, 0.1) is 12.7 Å². The molecule has 0 bridgehead atoms. The van der Waals surface area contributed by atoms with Crippen LogP contribution < -0.4 is 5.32 Å². The largest absolute Gasteiger partial charge is 0.464 e. The highest BCUT2D eigenvalue weighted by Gasteiger charge is 2.37. The molecular weight excluding hydrogens is 374 g/mol. The summed E-state index contributed by atoms with van der Waals surface area (Å²) < 4.78 is 22.7. The Balaban J connectivity index is 2.29. The molecular formula is C22H33NO6. The molecule has 2 rings (SSSR count). The van der Waals surface area contributed by atoms with Crippen molar-refractivity contribution in [3.05, 3.63) is 35.9 Å². The number of amides is 1. The van der Waals surface area contributed by atoms with Crippen LogP contribution >= 0.6 is 0 Å². The number of esters is 1. The van der Waals surface area contributed by atoms with Crippen LogP contribution in [-0.4, -0.2) is 42.7 Å². The SMILES string of the molecule is CCOC(=O)[C@@H](NC(=O)OC(C)(C)C)[C@H](O[C@@H]1CCC[C@H](C)O1)c1ccccc1. The van der Waals surface area contributed by atoms with Crippen LogP contribution in [0.3, 0.4) is 0 Å². The first-order valence-electron chi connectivity index (χ1n) is 10.2. The molecule has 1 saturated heterocycles. The normalized spacial score (nSPS) is 21.7. The summed E-state index contributed by atoms with van der Waals surface area (Å²) in [5, 5.41) is 2.64. The van der Waals surface area contributed by atoms with Crippen LogP contribution in [0.1, 0.15) is 65.5 Å². The maximum Gasteiger partial charge on any atom is 0.408 e. The van der Waals surface area contributed by atoms with Gasteiger partial charge in [0, 0.05) is 0 Å². The van der Waals surface area contributed by atoms with Gasteiger partial charge in [-0.15, -0.1) is 0 Å². The van der Waals surface area contributed by atoms with E-state index in [1.165, 1.54) is 0 Å². The monoisotopic (exact) mass is 407 g/mol. The second kappa shape index (κ2) is 10.6. The van der Waals surface area contributed by atoms with Gasteiger partial charge >= 0.3 is 12.1 Å². The Bertz CT molecular complexity index is 657. The Morgan fingerprint density at radius 2 is 1.90 bits per heavy atom. The molecule has 1 aromatic carbocycles. The summed E-state index contributed by atoms with van der Waals surface area (Å²) in [5.74, 6) is -0.587. The van der Waals surface area contributed by atoms with E-state index in [4.69, 9.17) is 18.9 Å². The first-order valence-corrected chi connectivity index (χ1v) is 10.2. The molecule has 1 aliphatic rings. The quantitative estimate of drug-likeness (QED) is 0.685. The fourth-order valence-electron chi connectivity index (χ4n) is 3.15. The highest BCUT2D eigenvalue weighted by atomic mass is 16.7. The van der Waals surface area contributed by atoms with E-state index in [0.29, 0.717) is 0 Å². The van der Waals surface area contributed by atoms with Crippen molar-refractivity contribution in [3.8, 4) is 0 Å². The molecule has 1 aliphatic heterocycles. The Morgan fingerprint density at radius 1 is 1.21 bits per heavy atom. The van der Waals surface area contributed by atoms with Gasteiger partial charge < -0.3 is 24.3 Å². The molecule has 0 radical (unpaired) electrons. The Morgan fingerprint density at radius 3 is 2.48 bits per heavy atom. The lowest BCUT2D eigenvalue weighted by Gasteiger charge is -2.34. The maximum atomic E-state index is 12.8. The smallest absolute Gasteiger partial charge is 0.408 e. The predicted octanol–water partition coefficient (Wildman–Crippen LogP) is 4.12. The van der Waals surface area contributed by atoms with E-state index in [9.17, 15) is 9.59 Å². The van der Waals surface area contributed by atoms with Crippen LogP contribution in [0.5, 0.6) is 0 Å². The zero-order valence-electron chi connectivity index (χ0n) is 18.0. The van der Waals surface area contributed by atoms with E-state index in [2.05, 4.69) is 5.32 Å². The molecule has 29 heavy (non-hydrogen) atoms. The van der Waals surface area contributed by atoms with Gasteiger partial charge in [0.2, 0.25) is 0 Å². The molecule has 0 aromatic heterocycles. The second-order valence-electron chi connectivity index (χ2n) is 8.15. The molecule has 1 amide bonds. The highest BCUT2D eigenvalue weighted by molar-refractivity contribution is 5.82. The van der Waals surface area contributed by atoms with Crippen LogP contribution in [0.25, 0.3) is 0 Å². The molecule has 0 spiro atoms. The molecule has 0 unspecified atom stereocenters. The van der Waals surface area contributed by atoms with Gasteiger partial charge in [-0.1, -0.05) is 30.3 Å². The number of benzene rings is 1. The third-order valence-electron chi connectivity index (χ3n) is 4.38. The van der Waals surface area contributed by atoms with Crippen molar-refractivity contribution in [3.63, 3.8) is 0 Å². The van der Waals surface area contributed by atoms with Crippen molar-refractivity contribution < 1.29 is 28.5 Å². The first kappa shape index (κ1) is 23.2. The van der Waals surface area contributed by atoms with Crippen molar-refractivity contribution in [1.29, 1.82) is 0 Å². The molecule has 7 heteroatoms. The summed E-state index contributed by atoms with van der Waals surface area (Å²) in [5.41, 5.74) is 0.0392. The van der Waals surface area contributed by atoms with E-state index < -0.39 is 36.1 Å². The molecule has 4 atom stereocenters. The van der Waals surface area contributed by atoms with Crippen molar-refractivity contribution in [2.45, 2.75) is 84.0 Å². The number of carbonyl (C=O) groups excluding carboxylic acids is 2. The van der Waals surface area contributed by atoms with Gasteiger partial charge in [0.1, 0.15) is 11.7 Å². The van der Waals surface area contributed by atoms with Crippen LogP contribution in [0, 0.1) is 0 Å². The minimum Gasteiger partial charge on any atom is -0.464 e. The predicted molar refractivity (Wildman–Crippen MR) is 108 cm³/mol. The highest BCUT2D eigenvalue weighted by Crippen LogP contribution is 2.29. The second-order valence-corrected chi connectivity index (χ2v) is 8.15. The van der Waals surface area contributed by atoms with Gasteiger partial charge in [-0.2, -0.15) is 0 Å². The topological polar surface area (TPSA) is 83.1 Å². The van der Waals surface area contributed by atoms with Crippen LogP contribution in [-0.2, 0) is 23.7 Å². The molecule has 1 fully saturated rings. The molecule has 162 valence electrons. The Hall–Kier alpha value is -2.12. The molecule has 7 nitrogen and oxygen atoms in total. The van der Waals surface area contributed by atoms with Gasteiger partial charge in [0.25, 0.3) is 0 Å². The minimum atomic E-state index is -1.08. The fourth-order valence-corrected chi connectivity index (χ4v) is 3.15. The molecule has 1 aromatic rings.